The lowest BCUT2D eigenvalue weighted by atomic mass is 10.2. The standard InChI is InChI=1S/C10H19N3/c1-3-8-6-9(8)7-12-10-11-4-5-13(10)2/h8-9H,3-7H2,1-2H3,(H,11,12)/t8-,9+/m1/s1. The molecule has 1 N–H and O–H groups in total. The van der Waals surface area contributed by atoms with E-state index in [1.807, 2.05) is 0 Å². The molecular formula is C10H19N3. The summed E-state index contributed by atoms with van der Waals surface area (Å²) < 4.78 is 0. The summed E-state index contributed by atoms with van der Waals surface area (Å²) in [6, 6.07) is 0. The molecule has 74 valence electrons. The molecule has 2 rings (SSSR count). The van der Waals surface area contributed by atoms with Crippen molar-refractivity contribution in [3.63, 3.8) is 0 Å². The molecule has 0 unspecified atom stereocenters. The Balaban J connectivity index is 1.68. The minimum atomic E-state index is 0.918. The largest absolute Gasteiger partial charge is 0.356 e. The highest BCUT2D eigenvalue weighted by Gasteiger charge is 2.35. The van der Waals surface area contributed by atoms with E-state index in [2.05, 4.69) is 29.2 Å². The van der Waals surface area contributed by atoms with E-state index in [9.17, 15) is 0 Å². The van der Waals surface area contributed by atoms with E-state index in [1.54, 1.807) is 0 Å². The zero-order valence-corrected chi connectivity index (χ0v) is 8.58. The number of aliphatic imine (C=N–C) groups is 1. The second-order valence-corrected chi connectivity index (χ2v) is 4.17. The summed E-state index contributed by atoms with van der Waals surface area (Å²) in [5.41, 5.74) is 0. The fourth-order valence-corrected chi connectivity index (χ4v) is 2.01. The van der Waals surface area contributed by atoms with E-state index >= 15 is 0 Å². The SMILES string of the molecule is CC[C@@H]1C[C@H]1CNC1=NCCN1C. The number of likely N-dealkylation sites (N-methyl/N-ethyl adjacent to an activating group) is 1. The van der Waals surface area contributed by atoms with Gasteiger partial charge in [-0.05, 0) is 18.3 Å². The van der Waals surface area contributed by atoms with Gasteiger partial charge in [0.2, 0.25) is 0 Å². The number of nitrogens with one attached hydrogen (secondary N) is 1. The molecule has 1 heterocycles. The van der Waals surface area contributed by atoms with Crippen molar-refractivity contribution in [2.24, 2.45) is 16.8 Å². The molecule has 0 spiro atoms. The lowest BCUT2D eigenvalue weighted by Crippen LogP contribution is -2.36. The monoisotopic (exact) mass is 181 g/mol. The topological polar surface area (TPSA) is 27.6 Å². The van der Waals surface area contributed by atoms with Gasteiger partial charge in [-0.1, -0.05) is 13.3 Å². The van der Waals surface area contributed by atoms with Gasteiger partial charge < -0.3 is 10.2 Å². The van der Waals surface area contributed by atoms with Crippen LogP contribution >= 0.6 is 0 Å². The summed E-state index contributed by atoms with van der Waals surface area (Å²) >= 11 is 0. The third-order valence-corrected chi connectivity index (χ3v) is 3.17. The van der Waals surface area contributed by atoms with Gasteiger partial charge in [0, 0.05) is 20.1 Å². The van der Waals surface area contributed by atoms with Gasteiger partial charge in [-0.3, -0.25) is 4.99 Å². The van der Waals surface area contributed by atoms with E-state index in [-0.39, 0.29) is 0 Å². The number of nitrogens with zero attached hydrogens (tertiary/aromatic N) is 2. The molecule has 1 fully saturated rings. The summed E-state index contributed by atoms with van der Waals surface area (Å²) in [6.45, 7) is 5.44. The van der Waals surface area contributed by atoms with E-state index in [1.165, 1.54) is 12.8 Å². The van der Waals surface area contributed by atoms with E-state index < -0.39 is 0 Å². The highest BCUT2D eigenvalue weighted by Crippen LogP contribution is 2.40. The van der Waals surface area contributed by atoms with Gasteiger partial charge in [0.05, 0.1) is 6.54 Å². The Morgan fingerprint density at radius 3 is 2.92 bits per heavy atom. The first kappa shape index (κ1) is 8.85. The van der Waals surface area contributed by atoms with Crippen LogP contribution in [0.25, 0.3) is 0 Å². The molecular weight excluding hydrogens is 162 g/mol. The first-order chi connectivity index (χ1) is 6.31. The number of rotatable bonds is 3. The van der Waals surface area contributed by atoms with Gasteiger partial charge in [-0.25, -0.2) is 0 Å². The molecule has 0 bridgehead atoms. The van der Waals surface area contributed by atoms with E-state index in [0.717, 1.165) is 37.4 Å². The Morgan fingerprint density at radius 2 is 2.38 bits per heavy atom. The van der Waals surface area contributed by atoms with Crippen LogP contribution in [0.3, 0.4) is 0 Å². The first-order valence-electron chi connectivity index (χ1n) is 5.30. The maximum atomic E-state index is 4.40. The molecule has 0 amide bonds. The van der Waals surface area contributed by atoms with Gasteiger partial charge in [-0.15, -0.1) is 0 Å². The normalized spacial score (nSPS) is 31.8. The fraction of sp³-hybridized carbons (Fsp3) is 0.900. The molecule has 1 saturated carbocycles. The van der Waals surface area contributed by atoms with Crippen molar-refractivity contribution in [2.45, 2.75) is 19.8 Å². The Hall–Kier alpha value is -0.730. The molecule has 1 aliphatic heterocycles. The maximum Gasteiger partial charge on any atom is 0.193 e. The third kappa shape index (κ3) is 1.95. The molecule has 3 nitrogen and oxygen atoms in total. The second kappa shape index (κ2) is 3.56. The van der Waals surface area contributed by atoms with Gasteiger partial charge >= 0.3 is 0 Å². The molecule has 0 aromatic heterocycles. The average Bonchev–Trinajstić information content (AvgIpc) is 2.79. The van der Waals surface area contributed by atoms with Gasteiger partial charge in [0.15, 0.2) is 5.96 Å². The van der Waals surface area contributed by atoms with Gasteiger partial charge in [0.1, 0.15) is 0 Å². The van der Waals surface area contributed by atoms with Crippen LogP contribution in [-0.4, -0.2) is 37.5 Å². The quantitative estimate of drug-likeness (QED) is 0.701. The van der Waals surface area contributed by atoms with Crippen LogP contribution in [0.4, 0.5) is 0 Å². The number of hydrogen-bond acceptors (Lipinski definition) is 3. The summed E-state index contributed by atoms with van der Waals surface area (Å²) in [7, 11) is 2.10. The molecule has 2 aliphatic rings. The predicted molar refractivity (Wildman–Crippen MR) is 54.8 cm³/mol. The molecule has 0 aromatic carbocycles. The summed E-state index contributed by atoms with van der Waals surface area (Å²) in [5, 5.41) is 3.43. The average molecular weight is 181 g/mol. The zero-order chi connectivity index (χ0) is 9.26. The van der Waals surface area contributed by atoms with Crippen molar-refractivity contribution < 1.29 is 0 Å². The lowest BCUT2D eigenvalue weighted by Gasteiger charge is -2.14. The molecule has 1 aliphatic carbocycles. The number of hydrogen-bond donors (Lipinski definition) is 1. The summed E-state index contributed by atoms with van der Waals surface area (Å²) in [5.74, 6) is 3.00. The Morgan fingerprint density at radius 1 is 1.54 bits per heavy atom. The second-order valence-electron chi connectivity index (χ2n) is 4.17. The minimum absolute atomic E-state index is 0.918. The van der Waals surface area contributed by atoms with Crippen LogP contribution in [-0.2, 0) is 0 Å². The van der Waals surface area contributed by atoms with Crippen LogP contribution in [0, 0.1) is 11.8 Å². The van der Waals surface area contributed by atoms with E-state index in [4.69, 9.17) is 0 Å². The summed E-state index contributed by atoms with van der Waals surface area (Å²) in [4.78, 5) is 6.60. The minimum Gasteiger partial charge on any atom is -0.356 e. The smallest absolute Gasteiger partial charge is 0.193 e. The van der Waals surface area contributed by atoms with Crippen molar-refractivity contribution in [1.29, 1.82) is 0 Å². The molecule has 0 saturated heterocycles. The molecule has 2 atom stereocenters. The van der Waals surface area contributed by atoms with Crippen LogP contribution in [0.15, 0.2) is 4.99 Å². The maximum absolute atomic E-state index is 4.40. The lowest BCUT2D eigenvalue weighted by molar-refractivity contribution is 0.527. The summed E-state index contributed by atoms with van der Waals surface area (Å²) in [6.07, 6.45) is 2.76. The number of guanidine groups is 1. The van der Waals surface area contributed by atoms with Crippen LogP contribution in [0.5, 0.6) is 0 Å². The van der Waals surface area contributed by atoms with Crippen molar-refractivity contribution >= 4 is 5.96 Å². The first-order valence-corrected chi connectivity index (χ1v) is 5.30. The Kier molecular flexibility index (Phi) is 2.42. The predicted octanol–water partition coefficient (Wildman–Crippen LogP) is 0.923. The van der Waals surface area contributed by atoms with Crippen molar-refractivity contribution in [3.8, 4) is 0 Å². The molecule has 0 aromatic rings. The molecule has 0 radical (unpaired) electrons. The van der Waals surface area contributed by atoms with Crippen LogP contribution < -0.4 is 5.32 Å². The highest BCUT2D eigenvalue weighted by atomic mass is 15.3. The van der Waals surface area contributed by atoms with Crippen molar-refractivity contribution in [1.82, 2.24) is 10.2 Å². The molecule has 13 heavy (non-hydrogen) atoms. The van der Waals surface area contributed by atoms with Crippen LogP contribution in [0.2, 0.25) is 0 Å². The van der Waals surface area contributed by atoms with Crippen LogP contribution in [0.1, 0.15) is 19.8 Å². The Labute approximate surface area is 80.2 Å². The van der Waals surface area contributed by atoms with E-state index in [0.29, 0.717) is 0 Å². The zero-order valence-electron chi connectivity index (χ0n) is 8.58. The highest BCUT2D eigenvalue weighted by molar-refractivity contribution is 5.81. The van der Waals surface area contributed by atoms with Gasteiger partial charge in [-0.2, -0.15) is 0 Å². The van der Waals surface area contributed by atoms with Crippen molar-refractivity contribution in [2.75, 3.05) is 26.7 Å². The van der Waals surface area contributed by atoms with Crippen molar-refractivity contribution in [3.05, 3.63) is 0 Å². The van der Waals surface area contributed by atoms with Gasteiger partial charge in [0.25, 0.3) is 0 Å². The molecule has 3 heteroatoms. The third-order valence-electron chi connectivity index (χ3n) is 3.17. The fourth-order valence-electron chi connectivity index (χ4n) is 2.01. The Bertz CT molecular complexity index is 212.